The first kappa shape index (κ1) is 24.0. The third-order valence-electron chi connectivity index (χ3n) is 5.45. The Morgan fingerprint density at radius 3 is 2.57 bits per heavy atom. The van der Waals surface area contributed by atoms with Gasteiger partial charge in [-0.15, -0.1) is 0 Å². The van der Waals surface area contributed by atoms with Crippen LogP contribution in [0.4, 0.5) is 5.69 Å². The van der Waals surface area contributed by atoms with Gasteiger partial charge in [0.1, 0.15) is 6.61 Å². The van der Waals surface area contributed by atoms with Crippen molar-refractivity contribution in [1.29, 1.82) is 0 Å². The molecule has 9 heteroatoms. The van der Waals surface area contributed by atoms with Crippen LogP contribution in [-0.4, -0.2) is 23.9 Å². The predicted molar refractivity (Wildman–Crippen MR) is 132 cm³/mol. The second-order valence-corrected chi connectivity index (χ2v) is 8.25. The molecule has 0 N–H and O–H groups in total. The maximum atomic E-state index is 12.4. The Bertz CT molecular complexity index is 1400. The summed E-state index contributed by atoms with van der Waals surface area (Å²) in [6.07, 6.45) is 1.52. The van der Waals surface area contributed by atoms with E-state index in [0.29, 0.717) is 39.8 Å². The van der Waals surface area contributed by atoms with Gasteiger partial charge in [-0.05, 0) is 60.9 Å². The smallest absolute Gasteiger partial charge is 0.363 e. The number of aryl methyl sites for hydroxylation is 2. The zero-order valence-electron chi connectivity index (χ0n) is 19.2. The van der Waals surface area contributed by atoms with E-state index in [1.165, 1.54) is 25.3 Å². The summed E-state index contributed by atoms with van der Waals surface area (Å²) in [5.41, 5.74) is 3.60. The number of halogens is 1. The summed E-state index contributed by atoms with van der Waals surface area (Å²) in [5.74, 6) is 0.208. The van der Waals surface area contributed by atoms with E-state index < -0.39 is 10.9 Å². The Hall–Kier alpha value is -4.17. The van der Waals surface area contributed by atoms with E-state index in [-0.39, 0.29) is 17.3 Å². The molecule has 178 valence electrons. The fourth-order valence-electron chi connectivity index (χ4n) is 3.57. The van der Waals surface area contributed by atoms with Gasteiger partial charge in [0.15, 0.2) is 17.2 Å². The number of nitro benzene ring substituents is 1. The highest BCUT2D eigenvalue weighted by molar-refractivity contribution is 6.32. The van der Waals surface area contributed by atoms with Crippen molar-refractivity contribution < 1.29 is 23.9 Å². The number of hydrogen-bond acceptors (Lipinski definition) is 7. The maximum Gasteiger partial charge on any atom is 0.363 e. The Morgan fingerprint density at radius 2 is 1.89 bits per heavy atom. The summed E-state index contributed by atoms with van der Waals surface area (Å²) in [6.45, 7) is 3.92. The van der Waals surface area contributed by atoms with Gasteiger partial charge in [-0.3, -0.25) is 10.1 Å². The SMILES string of the molecule is COc1cc(/C=C2\N=C(c3ccc([N+](=O)[O-])c(C)c3)OC2=O)cc(Cl)c1OCc1ccccc1C. The monoisotopic (exact) mass is 492 g/mol. The summed E-state index contributed by atoms with van der Waals surface area (Å²) in [5, 5.41) is 11.4. The third kappa shape index (κ3) is 5.17. The standard InChI is InChI=1S/C26H21ClN2O6/c1-15-6-4-5-7-19(15)14-34-24-20(27)11-17(13-23(24)33-3)12-21-26(30)35-25(28-21)18-8-9-22(29(31)32)16(2)10-18/h4-13H,14H2,1-3H3/b21-12-. The summed E-state index contributed by atoms with van der Waals surface area (Å²) in [6, 6.07) is 15.6. The molecule has 0 radical (unpaired) electrons. The molecule has 0 amide bonds. The van der Waals surface area contributed by atoms with Crippen LogP contribution in [0.3, 0.4) is 0 Å². The molecular formula is C26H21ClN2O6. The number of hydrogen-bond donors (Lipinski definition) is 0. The Kier molecular flexibility index (Phi) is 6.84. The number of nitrogens with zero attached hydrogens (tertiary/aromatic N) is 2. The molecule has 3 aromatic rings. The first-order valence-electron chi connectivity index (χ1n) is 10.6. The van der Waals surface area contributed by atoms with Gasteiger partial charge in [0, 0.05) is 17.2 Å². The number of benzene rings is 3. The molecule has 0 unspecified atom stereocenters. The molecule has 0 saturated carbocycles. The summed E-state index contributed by atoms with van der Waals surface area (Å²) < 4.78 is 16.7. The van der Waals surface area contributed by atoms with Gasteiger partial charge < -0.3 is 14.2 Å². The molecule has 0 saturated heterocycles. The summed E-state index contributed by atoms with van der Waals surface area (Å²) in [7, 11) is 1.50. The van der Waals surface area contributed by atoms with Crippen LogP contribution in [-0.2, 0) is 16.1 Å². The van der Waals surface area contributed by atoms with Crippen LogP contribution in [0.1, 0.15) is 27.8 Å². The lowest BCUT2D eigenvalue weighted by Gasteiger charge is -2.14. The van der Waals surface area contributed by atoms with Gasteiger partial charge in [-0.2, -0.15) is 0 Å². The molecule has 8 nitrogen and oxygen atoms in total. The lowest BCUT2D eigenvalue weighted by molar-refractivity contribution is -0.385. The topological polar surface area (TPSA) is 100 Å². The van der Waals surface area contributed by atoms with Crippen molar-refractivity contribution >= 4 is 35.2 Å². The molecule has 0 fully saturated rings. The van der Waals surface area contributed by atoms with Crippen LogP contribution in [0.2, 0.25) is 5.02 Å². The summed E-state index contributed by atoms with van der Waals surface area (Å²) in [4.78, 5) is 27.3. The third-order valence-corrected chi connectivity index (χ3v) is 5.73. The van der Waals surface area contributed by atoms with Gasteiger partial charge in [-0.1, -0.05) is 35.9 Å². The van der Waals surface area contributed by atoms with Gasteiger partial charge in [0.2, 0.25) is 5.90 Å². The highest BCUT2D eigenvalue weighted by Gasteiger charge is 2.26. The van der Waals surface area contributed by atoms with Crippen LogP contribution in [0, 0.1) is 24.0 Å². The molecule has 0 spiro atoms. The average molecular weight is 493 g/mol. The van der Waals surface area contributed by atoms with E-state index in [9.17, 15) is 14.9 Å². The van der Waals surface area contributed by atoms with Crippen molar-refractivity contribution in [2.75, 3.05) is 7.11 Å². The lowest BCUT2D eigenvalue weighted by atomic mass is 10.1. The fraction of sp³-hybridized carbons (Fsp3) is 0.154. The number of cyclic esters (lactones) is 1. The Labute approximate surface area is 206 Å². The number of carbonyl (C=O) groups is 1. The zero-order valence-corrected chi connectivity index (χ0v) is 20.0. The van der Waals surface area contributed by atoms with E-state index in [2.05, 4.69) is 4.99 Å². The summed E-state index contributed by atoms with van der Waals surface area (Å²) >= 11 is 6.48. The minimum absolute atomic E-state index is 0.0269. The highest BCUT2D eigenvalue weighted by atomic mass is 35.5. The second-order valence-electron chi connectivity index (χ2n) is 7.84. The molecule has 3 aromatic carbocycles. The van der Waals surface area contributed by atoms with E-state index >= 15 is 0 Å². The molecule has 1 heterocycles. The van der Waals surface area contributed by atoms with Crippen molar-refractivity contribution in [3.05, 3.63) is 103 Å². The molecule has 1 aliphatic heterocycles. The average Bonchev–Trinajstić information content (AvgIpc) is 3.18. The van der Waals surface area contributed by atoms with Crippen molar-refractivity contribution in [2.24, 2.45) is 4.99 Å². The number of methoxy groups -OCH3 is 1. The molecular weight excluding hydrogens is 472 g/mol. The molecule has 1 aliphatic rings. The number of esters is 1. The zero-order chi connectivity index (χ0) is 25.1. The van der Waals surface area contributed by atoms with Crippen LogP contribution in [0.5, 0.6) is 11.5 Å². The van der Waals surface area contributed by atoms with Crippen LogP contribution in [0.25, 0.3) is 6.08 Å². The maximum absolute atomic E-state index is 12.4. The van der Waals surface area contributed by atoms with Crippen molar-refractivity contribution in [3.63, 3.8) is 0 Å². The van der Waals surface area contributed by atoms with Gasteiger partial charge in [0.25, 0.3) is 5.69 Å². The molecule has 0 bridgehead atoms. The number of rotatable bonds is 7. The van der Waals surface area contributed by atoms with E-state index in [1.54, 1.807) is 25.1 Å². The largest absolute Gasteiger partial charge is 0.493 e. The molecule has 0 aliphatic carbocycles. The predicted octanol–water partition coefficient (Wildman–Crippen LogP) is 5.80. The van der Waals surface area contributed by atoms with Crippen molar-refractivity contribution in [3.8, 4) is 11.5 Å². The van der Waals surface area contributed by atoms with Crippen LogP contribution in [0.15, 0.2) is 65.3 Å². The lowest BCUT2D eigenvalue weighted by Crippen LogP contribution is -2.06. The molecule has 0 aromatic heterocycles. The van der Waals surface area contributed by atoms with E-state index in [0.717, 1.165) is 11.1 Å². The first-order chi connectivity index (χ1) is 16.8. The van der Waals surface area contributed by atoms with Crippen molar-refractivity contribution in [1.82, 2.24) is 0 Å². The first-order valence-corrected chi connectivity index (χ1v) is 11.0. The number of nitro groups is 1. The molecule has 4 rings (SSSR count). The highest BCUT2D eigenvalue weighted by Crippen LogP contribution is 2.38. The number of carbonyl (C=O) groups excluding carboxylic acids is 1. The van der Waals surface area contributed by atoms with Gasteiger partial charge in [-0.25, -0.2) is 9.79 Å². The van der Waals surface area contributed by atoms with Gasteiger partial charge in [0.05, 0.1) is 17.1 Å². The second kappa shape index (κ2) is 9.99. The van der Waals surface area contributed by atoms with Gasteiger partial charge >= 0.3 is 5.97 Å². The minimum Gasteiger partial charge on any atom is -0.493 e. The molecule has 35 heavy (non-hydrogen) atoms. The number of aliphatic imine (C=N–C) groups is 1. The van der Waals surface area contributed by atoms with E-state index in [4.69, 9.17) is 25.8 Å². The Morgan fingerprint density at radius 1 is 1.11 bits per heavy atom. The van der Waals surface area contributed by atoms with Crippen LogP contribution < -0.4 is 9.47 Å². The fourth-order valence-corrected chi connectivity index (χ4v) is 3.84. The van der Waals surface area contributed by atoms with Crippen molar-refractivity contribution in [2.45, 2.75) is 20.5 Å². The molecule has 0 atom stereocenters. The Balaban J connectivity index is 1.60. The van der Waals surface area contributed by atoms with E-state index in [1.807, 2.05) is 31.2 Å². The normalized spacial score (nSPS) is 14.0. The number of ether oxygens (including phenoxy) is 3. The quantitative estimate of drug-likeness (QED) is 0.179. The minimum atomic E-state index is -0.647. The van der Waals surface area contributed by atoms with Crippen LogP contribution >= 0.6 is 11.6 Å².